The summed E-state index contributed by atoms with van der Waals surface area (Å²) in [5.41, 5.74) is 0.351. The Balaban J connectivity index is 1.52. The lowest BCUT2D eigenvalue weighted by molar-refractivity contribution is 0.0730. The molecule has 1 aliphatic heterocycles. The first-order chi connectivity index (χ1) is 12.6. The second-order valence-electron chi connectivity index (χ2n) is 5.85. The molecular weight excluding hydrogens is 374 g/mol. The van der Waals surface area contributed by atoms with Crippen LogP contribution in [0.1, 0.15) is 49.7 Å². The lowest BCUT2D eigenvalue weighted by Gasteiger charge is -2.23. The molecule has 1 unspecified atom stereocenters. The van der Waals surface area contributed by atoms with E-state index in [-0.39, 0.29) is 17.9 Å². The smallest absolute Gasteiger partial charge is 0.276 e. The van der Waals surface area contributed by atoms with E-state index < -0.39 is 0 Å². The molecule has 0 aromatic carbocycles. The van der Waals surface area contributed by atoms with Gasteiger partial charge >= 0.3 is 0 Å². The molecule has 4 heterocycles. The molecule has 1 fully saturated rings. The average Bonchev–Trinajstić information content (AvgIpc) is 3.40. The van der Waals surface area contributed by atoms with Crippen molar-refractivity contribution < 1.29 is 14.0 Å². The van der Waals surface area contributed by atoms with Gasteiger partial charge in [0.05, 0.1) is 17.1 Å². The zero-order valence-corrected chi connectivity index (χ0v) is 15.5. The van der Waals surface area contributed by atoms with Gasteiger partial charge in [0.15, 0.2) is 12.1 Å². The van der Waals surface area contributed by atoms with Gasteiger partial charge in [0, 0.05) is 23.0 Å². The predicted octanol–water partition coefficient (Wildman–Crippen LogP) is 3.13. The number of likely N-dealkylation sites (tertiary alicyclic amines) is 1. The maximum absolute atomic E-state index is 12.8. The number of anilines is 1. The molecule has 1 saturated heterocycles. The van der Waals surface area contributed by atoms with E-state index in [1.54, 1.807) is 13.0 Å². The van der Waals surface area contributed by atoms with Crippen molar-refractivity contribution in [3.8, 4) is 0 Å². The minimum absolute atomic E-state index is 0.0461. The van der Waals surface area contributed by atoms with Crippen molar-refractivity contribution in [2.24, 2.45) is 0 Å². The van der Waals surface area contributed by atoms with Gasteiger partial charge < -0.3 is 14.6 Å². The fourth-order valence-corrected chi connectivity index (χ4v) is 4.47. The molecule has 4 rings (SSSR count). The van der Waals surface area contributed by atoms with Gasteiger partial charge in [-0.2, -0.15) is 0 Å². The Morgan fingerprint density at radius 2 is 2.27 bits per heavy atom. The second-order valence-corrected chi connectivity index (χ2v) is 7.75. The molecule has 26 heavy (non-hydrogen) atoms. The van der Waals surface area contributed by atoms with E-state index in [1.165, 1.54) is 23.9 Å². The van der Waals surface area contributed by atoms with Gasteiger partial charge in [-0.15, -0.1) is 16.4 Å². The van der Waals surface area contributed by atoms with Crippen LogP contribution in [0.3, 0.4) is 0 Å². The van der Waals surface area contributed by atoms with Gasteiger partial charge in [-0.25, -0.2) is 4.98 Å². The molecule has 8 nitrogen and oxygen atoms in total. The van der Waals surface area contributed by atoms with Crippen molar-refractivity contribution >= 4 is 39.7 Å². The van der Waals surface area contributed by atoms with Crippen LogP contribution in [-0.4, -0.2) is 37.8 Å². The van der Waals surface area contributed by atoms with Crippen molar-refractivity contribution in [1.29, 1.82) is 0 Å². The molecule has 2 amide bonds. The summed E-state index contributed by atoms with van der Waals surface area (Å²) < 4.78 is 8.87. The van der Waals surface area contributed by atoms with Crippen LogP contribution in [0.4, 0.5) is 5.00 Å². The molecule has 3 aromatic rings. The molecule has 10 heteroatoms. The number of nitrogens with one attached hydrogen (secondary N) is 1. The Hall–Kier alpha value is -2.59. The third-order valence-electron chi connectivity index (χ3n) is 4.24. The van der Waals surface area contributed by atoms with Crippen LogP contribution in [-0.2, 0) is 0 Å². The van der Waals surface area contributed by atoms with Gasteiger partial charge in [-0.3, -0.25) is 9.59 Å². The van der Waals surface area contributed by atoms with Crippen molar-refractivity contribution in [1.82, 2.24) is 19.5 Å². The molecule has 3 aromatic heterocycles. The highest BCUT2D eigenvalue weighted by molar-refractivity contribution is 7.14. The number of hydrogen-bond donors (Lipinski definition) is 1. The number of aryl methyl sites for hydroxylation is 1. The summed E-state index contributed by atoms with van der Waals surface area (Å²) in [7, 11) is 0. The van der Waals surface area contributed by atoms with Crippen LogP contribution >= 0.6 is 22.9 Å². The monoisotopic (exact) mass is 389 g/mol. The third kappa shape index (κ3) is 3.13. The minimum Gasteiger partial charge on any atom is -0.448 e. The maximum Gasteiger partial charge on any atom is 0.276 e. The van der Waals surface area contributed by atoms with E-state index >= 15 is 0 Å². The van der Waals surface area contributed by atoms with Crippen molar-refractivity contribution in [3.05, 3.63) is 45.9 Å². The number of carbonyl (C=O) groups excluding carboxylic acids is 2. The average molecular weight is 389 g/mol. The zero-order valence-electron chi connectivity index (χ0n) is 13.8. The number of hydrogen-bond acceptors (Lipinski definition) is 8. The number of nitrogens with zero attached hydrogens (tertiary/aromatic N) is 4. The van der Waals surface area contributed by atoms with Gasteiger partial charge in [-0.1, -0.05) is 4.49 Å². The highest BCUT2D eigenvalue weighted by atomic mass is 32.1. The normalized spacial score (nSPS) is 16.8. The number of aromatic nitrogens is 3. The predicted molar refractivity (Wildman–Crippen MR) is 96.4 cm³/mol. The van der Waals surface area contributed by atoms with Crippen LogP contribution in [0.25, 0.3) is 0 Å². The largest absolute Gasteiger partial charge is 0.448 e. The zero-order chi connectivity index (χ0) is 18.1. The SMILES string of the molecule is Cc1ocnc1C(=O)N1CCCC1c1ccc(C(=O)Nc2cnns2)s1. The van der Waals surface area contributed by atoms with E-state index in [0.717, 1.165) is 29.3 Å². The minimum atomic E-state index is -0.199. The van der Waals surface area contributed by atoms with Crippen molar-refractivity contribution in [2.75, 3.05) is 11.9 Å². The molecule has 1 N–H and O–H groups in total. The van der Waals surface area contributed by atoms with Crippen LogP contribution in [0.15, 0.2) is 29.1 Å². The number of amides is 2. The van der Waals surface area contributed by atoms with Crippen molar-refractivity contribution in [2.45, 2.75) is 25.8 Å². The third-order valence-corrected chi connectivity index (χ3v) is 6.00. The summed E-state index contributed by atoms with van der Waals surface area (Å²) in [5, 5.41) is 7.07. The Morgan fingerprint density at radius 3 is 3.00 bits per heavy atom. The summed E-state index contributed by atoms with van der Waals surface area (Å²) in [5.74, 6) is 0.189. The fraction of sp³-hybridized carbons (Fsp3) is 0.312. The topological polar surface area (TPSA) is 101 Å². The van der Waals surface area contributed by atoms with Crippen LogP contribution in [0.2, 0.25) is 0 Å². The number of rotatable bonds is 4. The lowest BCUT2D eigenvalue weighted by Crippen LogP contribution is -2.30. The molecule has 0 spiro atoms. The van der Waals surface area contributed by atoms with Gasteiger partial charge in [0.1, 0.15) is 10.8 Å². The Labute approximate surface area is 157 Å². The quantitative estimate of drug-likeness (QED) is 0.736. The molecule has 1 atom stereocenters. The molecular formula is C16H15N5O3S2. The number of thiophene rings is 1. The maximum atomic E-state index is 12.8. The first kappa shape index (κ1) is 16.9. The van der Waals surface area contributed by atoms with Crippen LogP contribution in [0.5, 0.6) is 0 Å². The summed E-state index contributed by atoms with van der Waals surface area (Å²) >= 11 is 2.52. The summed E-state index contributed by atoms with van der Waals surface area (Å²) in [6.45, 7) is 2.40. The van der Waals surface area contributed by atoms with Gasteiger partial charge in [0.25, 0.3) is 11.8 Å². The lowest BCUT2D eigenvalue weighted by atomic mass is 10.1. The summed E-state index contributed by atoms with van der Waals surface area (Å²) in [4.78, 5) is 32.5. The highest BCUT2D eigenvalue weighted by Gasteiger charge is 2.33. The molecule has 0 saturated carbocycles. The second kappa shape index (κ2) is 6.96. The van der Waals surface area contributed by atoms with Gasteiger partial charge in [-0.05, 0) is 31.9 Å². The molecule has 134 valence electrons. The van der Waals surface area contributed by atoms with Gasteiger partial charge in [0.2, 0.25) is 0 Å². The first-order valence-electron chi connectivity index (χ1n) is 8.03. The highest BCUT2D eigenvalue weighted by Crippen LogP contribution is 2.37. The van der Waals surface area contributed by atoms with E-state index in [4.69, 9.17) is 4.42 Å². The van der Waals surface area contributed by atoms with E-state index in [1.807, 2.05) is 11.0 Å². The van der Waals surface area contributed by atoms with E-state index in [0.29, 0.717) is 27.9 Å². The van der Waals surface area contributed by atoms with E-state index in [9.17, 15) is 9.59 Å². The first-order valence-corrected chi connectivity index (χ1v) is 9.62. The fourth-order valence-electron chi connectivity index (χ4n) is 3.00. The van der Waals surface area contributed by atoms with Crippen LogP contribution in [0, 0.1) is 6.92 Å². The molecule has 0 bridgehead atoms. The Morgan fingerprint density at radius 1 is 1.38 bits per heavy atom. The number of oxazole rings is 1. The Bertz CT molecular complexity index is 934. The standard InChI is InChI=1S/C16H15N5O3S2/c1-9-14(17-8-24-9)16(23)21-6-2-3-10(21)11-4-5-12(25-11)15(22)19-13-7-18-20-26-13/h4-5,7-8,10H,2-3,6H2,1H3,(H,19,22). The molecule has 0 radical (unpaired) electrons. The Kier molecular flexibility index (Phi) is 4.51. The van der Waals surface area contributed by atoms with Crippen molar-refractivity contribution in [3.63, 3.8) is 0 Å². The number of carbonyl (C=O) groups is 2. The summed E-state index contributed by atoms with van der Waals surface area (Å²) in [6.07, 6.45) is 4.58. The van der Waals surface area contributed by atoms with E-state index in [2.05, 4.69) is 19.9 Å². The molecule has 1 aliphatic rings. The molecule has 0 aliphatic carbocycles. The van der Waals surface area contributed by atoms with Crippen LogP contribution < -0.4 is 5.32 Å². The summed E-state index contributed by atoms with van der Waals surface area (Å²) in [6, 6.07) is 3.65.